The van der Waals surface area contributed by atoms with E-state index in [-0.39, 0.29) is 24.0 Å². The van der Waals surface area contributed by atoms with Gasteiger partial charge < -0.3 is 15.4 Å². The monoisotopic (exact) mass is 300 g/mol. The summed E-state index contributed by atoms with van der Waals surface area (Å²) < 4.78 is 5.87. The topological polar surface area (TPSA) is 55.6 Å². The van der Waals surface area contributed by atoms with E-state index >= 15 is 0 Å². The van der Waals surface area contributed by atoms with Crippen molar-refractivity contribution in [3.8, 4) is 0 Å². The normalized spacial score (nSPS) is 37.5. The Morgan fingerprint density at radius 3 is 2.68 bits per heavy atom. The smallest absolute Gasteiger partial charge is 0.227 e. The number of hydrogen-bond donors (Lipinski definition) is 1. The number of rotatable bonds is 2. The van der Waals surface area contributed by atoms with Crippen molar-refractivity contribution in [1.82, 2.24) is 4.90 Å². The van der Waals surface area contributed by atoms with Crippen molar-refractivity contribution < 1.29 is 9.53 Å². The molecule has 2 aliphatic carbocycles. The molecule has 5 atom stereocenters. The number of amides is 1. The number of fused-ring (bicyclic) bond motifs is 2. The lowest BCUT2D eigenvalue weighted by atomic mass is 9.84. The Bertz CT molecular complexity index is 545. The van der Waals surface area contributed by atoms with Crippen LogP contribution in [0.4, 0.5) is 0 Å². The van der Waals surface area contributed by atoms with Crippen molar-refractivity contribution >= 4 is 5.91 Å². The zero-order valence-electron chi connectivity index (χ0n) is 12.9. The molecule has 3 fully saturated rings. The highest BCUT2D eigenvalue weighted by atomic mass is 16.5. The minimum absolute atomic E-state index is 0.00582. The third kappa shape index (κ3) is 2.34. The van der Waals surface area contributed by atoms with Gasteiger partial charge in [0.05, 0.1) is 19.1 Å². The summed E-state index contributed by atoms with van der Waals surface area (Å²) in [5, 5.41) is 0. The molecule has 2 N–H and O–H groups in total. The molecule has 5 unspecified atom stereocenters. The van der Waals surface area contributed by atoms with Gasteiger partial charge in [0.15, 0.2) is 0 Å². The first kappa shape index (κ1) is 14.2. The molecule has 1 aromatic rings. The van der Waals surface area contributed by atoms with Gasteiger partial charge >= 0.3 is 0 Å². The maximum atomic E-state index is 13.0. The fourth-order valence-corrected chi connectivity index (χ4v) is 4.63. The van der Waals surface area contributed by atoms with E-state index < -0.39 is 0 Å². The van der Waals surface area contributed by atoms with Crippen LogP contribution in [0, 0.1) is 17.8 Å². The van der Waals surface area contributed by atoms with Gasteiger partial charge in [-0.05, 0) is 36.7 Å². The van der Waals surface area contributed by atoms with E-state index in [0.29, 0.717) is 31.5 Å². The minimum atomic E-state index is -0.00582. The maximum absolute atomic E-state index is 13.0. The summed E-state index contributed by atoms with van der Waals surface area (Å²) >= 11 is 0. The molecule has 1 saturated heterocycles. The molecule has 4 rings (SSSR count). The second kappa shape index (κ2) is 5.67. The Morgan fingerprint density at radius 1 is 1.18 bits per heavy atom. The van der Waals surface area contributed by atoms with Crippen molar-refractivity contribution in [2.75, 3.05) is 19.7 Å². The van der Waals surface area contributed by atoms with Gasteiger partial charge in [-0.3, -0.25) is 4.79 Å². The van der Waals surface area contributed by atoms with E-state index in [4.69, 9.17) is 10.5 Å². The predicted molar refractivity (Wildman–Crippen MR) is 84.0 cm³/mol. The van der Waals surface area contributed by atoms with Crippen molar-refractivity contribution in [3.05, 3.63) is 35.9 Å². The number of benzene rings is 1. The maximum Gasteiger partial charge on any atom is 0.227 e. The first-order chi connectivity index (χ1) is 10.7. The van der Waals surface area contributed by atoms with Crippen LogP contribution in [0.25, 0.3) is 0 Å². The van der Waals surface area contributed by atoms with Crippen LogP contribution in [-0.4, -0.2) is 36.5 Å². The van der Waals surface area contributed by atoms with E-state index in [9.17, 15) is 4.79 Å². The molecule has 4 heteroatoms. The van der Waals surface area contributed by atoms with E-state index in [1.807, 2.05) is 23.1 Å². The van der Waals surface area contributed by atoms with Crippen LogP contribution >= 0.6 is 0 Å². The molecule has 4 nitrogen and oxygen atoms in total. The Kier molecular flexibility index (Phi) is 3.66. The summed E-state index contributed by atoms with van der Waals surface area (Å²) in [7, 11) is 0. The second-order valence-corrected chi connectivity index (χ2v) is 6.99. The largest absolute Gasteiger partial charge is 0.370 e. The van der Waals surface area contributed by atoms with Crippen LogP contribution in [0.3, 0.4) is 0 Å². The summed E-state index contributed by atoms with van der Waals surface area (Å²) in [4.78, 5) is 15.0. The second-order valence-electron chi connectivity index (χ2n) is 6.99. The quantitative estimate of drug-likeness (QED) is 0.908. The third-order valence-corrected chi connectivity index (χ3v) is 5.82. The Labute approximate surface area is 131 Å². The highest BCUT2D eigenvalue weighted by Crippen LogP contribution is 2.48. The van der Waals surface area contributed by atoms with E-state index in [0.717, 1.165) is 12.0 Å². The molecular weight excluding hydrogens is 276 g/mol. The number of carbonyl (C=O) groups is 1. The summed E-state index contributed by atoms with van der Waals surface area (Å²) in [5.41, 5.74) is 7.49. The van der Waals surface area contributed by atoms with Gasteiger partial charge in [-0.25, -0.2) is 0 Å². The Morgan fingerprint density at radius 2 is 1.95 bits per heavy atom. The molecule has 0 radical (unpaired) electrons. The molecule has 0 spiro atoms. The molecule has 118 valence electrons. The standard InChI is InChI=1S/C18H24N2O2/c19-17-14-7-6-13(10-14)16(17)18(21)20-8-9-22-15(11-20)12-4-2-1-3-5-12/h1-5,13-17H,6-11,19H2. The fraction of sp³-hybridized carbons (Fsp3) is 0.611. The minimum Gasteiger partial charge on any atom is -0.370 e. The van der Waals surface area contributed by atoms with Crippen molar-refractivity contribution in [2.45, 2.75) is 31.4 Å². The van der Waals surface area contributed by atoms with Gasteiger partial charge in [-0.1, -0.05) is 30.3 Å². The van der Waals surface area contributed by atoms with Crippen LogP contribution in [0.1, 0.15) is 30.9 Å². The molecule has 3 aliphatic rings. The Hall–Kier alpha value is -1.39. The molecule has 1 aliphatic heterocycles. The zero-order valence-corrected chi connectivity index (χ0v) is 12.9. The molecule has 1 amide bonds. The van der Waals surface area contributed by atoms with Crippen molar-refractivity contribution in [2.24, 2.45) is 23.5 Å². The van der Waals surface area contributed by atoms with Crippen LogP contribution in [0.15, 0.2) is 30.3 Å². The van der Waals surface area contributed by atoms with Gasteiger partial charge in [0, 0.05) is 12.6 Å². The lowest BCUT2D eigenvalue weighted by molar-refractivity contribution is -0.145. The molecular formula is C18H24N2O2. The third-order valence-electron chi connectivity index (χ3n) is 5.82. The Balaban J connectivity index is 1.47. The van der Waals surface area contributed by atoms with Gasteiger partial charge in [0.25, 0.3) is 0 Å². The van der Waals surface area contributed by atoms with Crippen LogP contribution in [0.5, 0.6) is 0 Å². The number of ether oxygens (including phenoxy) is 1. The summed E-state index contributed by atoms with van der Waals surface area (Å²) in [6.07, 6.45) is 3.55. The average molecular weight is 300 g/mol. The average Bonchev–Trinajstić information content (AvgIpc) is 3.16. The van der Waals surface area contributed by atoms with Crippen LogP contribution < -0.4 is 5.73 Å². The van der Waals surface area contributed by atoms with Gasteiger partial charge in [0.1, 0.15) is 6.10 Å². The lowest BCUT2D eigenvalue weighted by Gasteiger charge is -2.37. The molecule has 0 aromatic heterocycles. The first-order valence-corrected chi connectivity index (χ1v) is 8.45. The highest BCUT2D eigenvalue weighted by Gasteiger charge is 2.50. The fourth-order valence-electron chi connectivity index (χ4n) is 4.63. The van der Waals surface area contributed by atoms with Crippen LogP contribution in [0.2, 0.25) is 0 Å². The number of hydrogen-bond acceptors (Lipinski definition) is 3. The molecule has 22 heavy (non-hydrogen) atoms. The van der Waals surface area contributed by atoms with E-state index in [1.54, 1.807) is 0 Å². The van der Waals surface area contributed by atoms with Crippen LogP contribution in [-0.2, 0) is 9.53 Å². The molecule has 2 saturated carbocycles. The lowest BCUT2D eigenvalue weighted by Crippen LogP contribution is -2.50. The predicted octanol–water partition coefficient (Wildman–Crippen LogP) is 1.96. The summed E-state index contributed by atoms with van der Waals surface area (Å²) in [6, 6.07) is 10.3. The van der Waals surface area contributed by atoms with Gasteiger partial charge in [0.2, 0.25) is 5.91 Å². The van der Waals surface area contributed by atoms with Gasteiger partial charge in [-0.15, -0.1) is 0 Å². The van der Waals surface area contributed by atoms with E-state index in [2.05, 4.69) is 12.1 Å². The SMILES string of the molecule is NC1C2CCC(C2)C1C(=O)N1CCOC(c2ccccc2)C1. The number of carbonyl (C=O) groups excluding carboxylic acids is 1. The molecule has 2 bridgehead atoms. The summed E-state index contributed by atoms with van der Waals surface area (Å²) in [6.45, 7) is 1.97. The number of morpholine rings is 1. The highest BCUT2D eigenvalue weighted by molar-refractivity contribution is 5.80. The number of nitrogens with zero attached hydrogens (tertiary/aromatic N) is 1. The van der Waals surface area contributed by atoms with E-state index in [1.165, 1.54) is 12.8 Å². The summed E-state index contributed by atoms with van der Waals surface area (Å²) in [5.74, 6) is 1.41. The zero-order chi connectivity index (χ0) is 15.1. The van der Waals surface area contributed by atoms with Crippen molar-refractivity contribution in [1.29, 1.82) is 0 Å². The molecule has 1 heterocycles. The van der Waals surface area contributed by atoms with Crippen molar-refractivity contribution in [3.63, 3.8) is 0 Å². The number of nitrogens with two attached hydrogens (primary N) is 1. The molecule has 1 aromatic carbocycles. The van der Waals surface area contributed by atoms with Gasteiger partial charge in [-0.2, -0.15) is 0 Å². The first-order valence-electron chi connectivity index (χ1n) is 8.45.